The van der Waals surface area contributed by atoms with Crippen LogP contribution in [-0.4, -0.2) is 0 Å². The number of nitrogens with two attached hydrogens (primary N) is 1. The minimum absolute atomic E-state index is 0.307. The Morgan fingerprint density at radius 2 is 1.60 bits per heavy atom. The van der Waals surface area contributed by atoms with Gasteiger partial charge in [0.05, 0.1) is 11.1 Å². The molecule has 0 atom stereocenters. The van der Waals surface area contributed by atoms with Gasteiger partial charge < -0.3 is 10.2 Å². The van der Waals surface area contributed by atoms with E-state index in [-0.39, 0.29) is 5.56 Å². The molecule has 8 heteroatoms. The van der Waals surface area contributed by atoms with Gasteiger partial charge in [0, 0.05) is 0 Å². The lowest BCUT2D eigenvalue weighted by Crippen LogP contribution is -2.07. The van der Waals surface area contributed by atoms with Gasteiger partial charge in [-0.25, -0.2) is 0 Å². The van der Waals surface area contributed by atoms with Crippen LogP contribution in [0.1, 0.15) is 11.1 Å². The molecule has 0 aliphatic carbocycles. The van der Waals surface area contributed by atoms with Crippen molar-refractivity contribution in [1.29, 1.82) is 0 Å². The Morgan fingerprint density at radius 3 is 2.15 bits per heavy atom. The fourth-order valence-corrected chi connectivity index (χ4v) is 1.73. The van der Waals surface area contributed by atoms with Gasteiger partial charge in [-0.2, -0.15) is 26.3 Å². The highest BCUT2D eigenvalue weighted by Crippen LogP contribution is 2.42. The molecule has 0 fully saturated rings. The number of benzene rings is 1. The zero-order chi connectivity index (χ0) is 15.1. The van der Waals surface area contributed by atoms with Crippen molar-refractivity contribution in [3.8, 4) is 11.1 Å². The molecule has 2 rings (SSSR count). The van der Waals surface area contributed by atoms with Crippen molar-refractivity contribution in [3.63, 3.8) is 0 Å². The number of alkyl halides is 6. The maximum absolute atomic E-state index is 12.7. The number of hydrogen-bond donors (Lipinski definition) is 1. The van der Waals surface area contributed by atoms with Gasteiger partial charge in [0.15, 0.2) is 5.88 Å². The summed E-state index contributed by atoms with van der Waals surface area (Å²) in [5.74, 6) is -0.586. The molecule has 1 aromatic heterocycles. The van der Waals surface area contributed by atoms with E-state index < -0.39 is 34.9 Å². The topological polar surface area (TPSA) is 39.2 Å². The van der Waals surface area contributed by atoms with Gasteiger partial charge in [-0.3, -0.25) is 0 Å². The summed E-state index contributed by atoms with van der Waals surface area (Å²) in [4.78, 5) is 0. The molecule has 0 radical (unpaired) electrons. The van der Waals surface area contributed by atoms with Gasteiger partial charge in [0.25, 0.3) is 0 Å². The lowest BCUT2D eigenvalue weighted by molar-refractivity contribution is -0.138. The molecule has 2 aromatic rings. The molecule has 0 unspecified atom stereocenters. The van der Waals surface area contributed by atoms with Crippen molar-refractivity contribution >= 4 is 5.88 Å². The summed E-state index contributed by atoms with van der Waals surface area (Å²) in [6, 6.07) is 3.46. The monoisotopic (exact) mass is 295 g/mol. The van der Waals surface area contributed by atoms with E-state index in [0.717, 1.165) is 18.2 Å². The summed E-state index contributed by atoms with van der Waals surface area (Å²) in [5, 5.41) is 0. The van der Waals surface area contributed by atoms with Crippen molar-refractivity contribution in [3.05, 3.63) is 41.7 Å². The third-order valence-corrected chi connectivity index (χ3v) is 2.60. The Morgan fingerprint density at radius 1 is 0.950 bits per heavy atom. The molecule has 1 aromatic carbocycles. The highest BCUT2D eigenvalue weighted by molar-refractivity contribution is 5.77. The number of halogens is 6. The Balaban J connectivity index is 2.61. The summed E-state index contributed by atoms with van der Waals surface area (Å²) in [6.07, 6.45) is -9.05. The molecule has 0 saturated heterocycles. The molecule has 0 amide bonds. The summed E-state index contributed by atoms with van der Waals surface area (Å²) < 4.78 is 80.4. The van der Waals surface area contributed by atoms with Gasteiger partial charge in [-0.1, -0.05) is 12.1 Å². The minimum atomic E-state index is -4.77. The predicted molar refractivity (Wildman–Crippen MR) is 58.6 cm³/mol. The lowest BCUT2D eigenvalue weighted by atomic mass is 10.0. The van der Waals surface area contributed by atoms with Gasteiger partial charge in [0.1, 0.15) is 11.8 Å². The first-order valence-corrected chi connectivity index (χ1v) is 5.22. The first kappa shape index (κ1) is 14.3. The first-order chi connectivity index (χ1) is 9.10. The fraction of sp³-hybridized carbons (Fsp3) is 0.167. The summed E-state index contributed by atoms with van der Waals surface area (Å²) in [5.41, 5.74) is 2.10. The zero-order valence-corrected chi connectivity index (χ0v) is 9.64. The zero-order valence-electron chi connectivity index (χ0n) is 9.64. The van der Waals surface area contributed by atoms with E-state index in [1.807, 2.05) is 0 Å². The van der Waals surface area contributed by atoms with Crippen LogP contribution in [0.5, 0.6) is 0 Å². The largest absolute Gasteiger partial charge is 0.448 e. The average Bonchev–Trinajstić information content (AvgIpc) is 2.70. The molecular weight excluding hydrogens is 288 g/mol. The SMILES string of the molecule is Nc1occ(C(F)(F)F)c1-c1cccc(C(F)(F)F)c1. The van der Waals surface area contributed by atoms with Gasteiger partial charge in [-0.15, -0.1) is 0 Å². The van der Waals surface area contributed by atoms with E-state index in [0.29, 0.717) is 12.3 Å². The van der Waals surface area contributed by atoms with Crippen molar-refractivity contribution in [2.75, 3.05) is 5.73 Å². The van der Waals surface area contributed by atoms with Crippen molar-refractivity contribution in [2.24, 2.45) is 0 Å². The van der Waals surface area contributed by atoms with Crippen LogP contribution in [0, 0.1) is 0 Å². The highest BCUT2D eigenvalue weighted by Gasteiger charge is 2.38. The second-order valence-corrected chi connectivity index (χ2v) is 3.96. The van der Waals surface area contributed by atoms with Crippen LogP contribution in [0.4, 0.5) is 32.2 Å². The Kier molecular flexibility index (Phi) is 3.19. The van der Waals surface area contributed by atoms with E-state index in [4.69, 9.17) is 5.73 Å². The lowest BCUT2D eigenvalue weighted by Gasteiger charge is -2.10. The molecule has 0 saturated carbocycles. The Labute approximate surface area is 108 Å². The molecule has 108 valence electrons. The number of rotatable bonds is 1. The van der Waals surface area contributed by atoms with Crippen LogP contribution in [0.3, 0.4) is 0 Å². The first-order valence-electron chi connectivity index (χ1n) is 5.22. The van der Waals surface area contributed by atoms with E-state index in [1.54, 1.807) is 0 Å². The van der Waals surface area contributed by atoms with Gasteiger partial charge >= 0.3 is 12.4 Å². The molecule has 2 nitrogen and oxygen atoms in total. The van der Waals surface area contributed by atoms with Crippen LogP contribution >= 0.6 is 0 Å². The molecule has 1 heterocycles. The Bertz CT molecular complexity index is 626. The van der Waals surface area contributed by atoms with Crippen molar-refractivity contribution in [1.82, 2.24) is 0 Å². The van der Waals surface area contributed by atoms with E-state index in [9.17, 15) is 26.3 Å². The molecule has 0 aliphatic heterocycles. The molecular formula is C12H7F6NO. The van der Waals surface area contributed by atoms with Crippen LogP contribution in [0.25, 0.3) is 11.1 Å². The van der Waals surface area contributed by atoms with E-state index in [1.165, 1.54) is 0 Å². The normalized spacial score (nSPS) is 12.7. The van der Waals surface area contributed by atoms with Crippen LogP contribution in [0.2, 0.25) is 0 Å². The highest BCUT2D eigenvalue weighted by atomic mass is 19.4. The second kappa shape index (κ2) is 4.46. The third kappa shape index (κ3) is 2.59. The minimum Gasteiger partial charge on any atom is -0.448 e. The molecule has 0 bridgehead atoms. The molecule has 2 N–H and O–H groups in total. The Hall–Kier alpha value is -2.12. The summed E-state index contributed by atoms with van der Waals surface area (Å²) in [7, 11) is 0. The quantitative estimate of drug-likeness (QED) is 0.783. The third-order valence-electron chi connectivity index (χ3n) is 2.60. The predicted octanol–water partition coefficient (Wildman–Crippen LogP) is 4.57. The fourth-order valence-electron chi connectivity index (χ4n) is 1.73. The molecule has 0 spiro atoms. The van der Waals surface area contributed by atoms with Crippen molar-refractivity contribution < 1.29 is 30.8 Å². The van der Waals surface area contributed by atoms with Crippen molar-refractivity contribution in [2.45, 2.75) is 12.4 Å². The summed E-state index contributed by atoms with van der Waals surface area (Å²) >= 11 is 0. The smallest absolute Gasteiger partial charge is 0.420 e. The number of nitrogen functional groups attached to an aromatic ring is 1. The van der Waals surface area contributed by atoms with E-state index in [2.05, 4.69) is 4.42 Å². The average molecular weight is 295 g/mol. The maximum atomic E-state index is 12.7. The number of anilines is 1. The van der Waals surface area contributed by atoms with Crippen LogP contribution in [0.15, 0.2) is 34.9 Å². The molecule has 0 aliphatic rings. The number of furan rings is 1. The van der Waals surface area contributed by atoms with Gasteiger partial charge in [-0.05, 0) is 17.7 Å². The summed E-state index contributed by atoms with van der Waals surface area (Å²) in [6.45, 7) is 0. The molecule has 20 heavy (non-hydrogen) atoms. The van der Waals surface area contributed by atoms with Crippen LogP contribution in [-0.2, 0) is 12.4 Å². The van der Waals surface area contributed by atoms with Crippen LogP contribution < -0.4 is 5.73 Å². The van der Waals surface area contributed by atoms with Gasteiger partial charge in [0.2, 0.25) is 0 Å². The van der Waals surface area contributed by atoms with E-state index >= 15 is 0 Å². The standard InChI is InChI=1S/C12H7F6NO/c13-11(14,15)7-3-1-2-6(4-7)9-8(12(16,17)18)5-20-10(9)19/h1-5H,19H2. The second-order valence-electron chi connectivity index (χ2n) is 3.96. The number of hydrogen-bond acceptors (Lipinski definition) is 2. The maximum Gasteiger partial charge on any atom is 0.420 e.